The van der Waals surface area contributed by atoms with Crippen molar-refractivity contribution in [2.75, 3.05) is 13.2 Å². The highest BCUT2D eigenvalue weighted by atomic mass is 31.1. The topological polar surface area (TPSA) is 108 Å². The van der Waals surface area contributed by atoms with E-state index < -0.39 is 38.7 Å². The van der Waals surface area contributed by atoms with Gasteiger partial charge < -0.3 is 19.8 Å². The van der Waals surface area contributed by atoms with Gasteiger partial charge in [0.1, 0.15) is 6.10 Å². The maximum absolute atomic E-state index is 13.6. The molecule has 0 radical (unpaired) electrons. The number of hydrogen-bond acceptors (Lipinski definition) is 7. The Morgan fingerprint density at radius 2 is 1.88 bits per heavy atom. The number of hydrogen-bond donors (Lipinski definition) is 4. The maximum atomic E-state index is 13.6. The molecule has 1 aromatic carbocycles. The van der Waals surface area contributed by atoms with Crippen LogP contribution >= 0.6 is 8.03 Å². The van der Waals surface area contributed by atoms with Crippen molar-refractivity contribution in [1.29, 1.82) is 0 Å². The molecule has 0 saturated heterocycles. The maximum Gasteiger partial charge on any atom is 0.224 e. The van der Waals surface area contributed by atoms with Crippen molar-refractivity contribution in [3.8, 4) is 0 Å². The summed E-state index contributed by atoms with van der Waals surface area (Å²) in [6.07, 6.45) is -5.13. The third kappa shape index (κ3) is 7.81. The lowest BCUT2D eigenvalue weighted by atomic mass is 10.1. The van der Waals surface area contributed by atoms with E-state index in [9.17, 15) is 24.3 Å². The van der Waals surface area contributed by atoms with E-state index in [2.05, 4.69) is 10.0 Å². The van der Waals surface area contributed by atoms with Crippen LogP contribution in [0, 0.1) is 0 Å². The quantitative estimate of drug-likeness (QED) is 0.248. The first-order valence-corrected chi connectivity index (χ1v) is 9.08. The SMILES string of the molecule is CCO[PH](=O)C(F)C[C@@H](O)[C@@H](O)[C@@H](O)CNOCc1ccccc1. The molecule has 4 N–H and O–H groups in total. The van der Waals surface area contributed by atoms with Crippen molar-refractivity contribution in [3.05, 3.63) is 35.9 Å². The molecule has 7 nitrogen and oxygen atoms in total. The van der Waals surface area contributed by atoms with Crippen LogP contribution in [0.5, 0.6) is 0 Å². The van der Waals surface area contributed by atoms with Gasteiger partial charge in [0.25, 0.3) is 0 Å². The zero-order valence-electron chi connectivity index (χ0n) is 13.5. The van der Waals surface area contributed by atoms with Crippen molar-refractivity contribution < 1.29 is 33.6 Å². The Labute approximate surface area is 141 Å². The number of aliphatic hydroxyl groups is 3. The molecule has 2 unspecified atom stereocenters. The number of halogens is 1. The van der Waals surface area contributed by atoms with Gasteiger partial charge in [0.15, 0.2) is 5.91 Å². The summed E-state index contributed by atoms with van der Waals surface area (Å²) in [5, 5.41) is 29.2. The number of aliphatic hydroxyl groups excluding tert-OH is 3. The number of rotatable bonds is 12. The van der Waals surface area contributed by atoms with Crippen LogP contribution in [0.1, 0.15) is 18.9 Å². The Kier molecular flexibility index (Phi) is 10.3. The van der Waals surface area contributed by atoms with Gasteiger partial charge in [0.05, 0.1) is 25.4 Å². The summed E-state index contributed by atoms with van der Waals surface area (Å²) in [6, 6.07) is 9.30. The average Bonchev–Trinajstić information content (AvgIpc) is 2.58. The fraction of sp³-hybridized carbons (Fsp3) is 0.600. The smallest absolute Gasteiger partial charge is 0.224 e. The third-order valence-corrected chi connectivity index (χ3v) is 4.58. The van der Waals surface area contributed by atoms with E-state index in [0.717, 1.165) is 5.56 Å². The molecule has 0 saturated carbocycles. The number of benzene rings is 1. The molecule has 0 aromatic heterocycles. The summed E-state index contributed by atoms with van der Waals surface area (Å²) in [5.74, 6) is -1.88. The van der Waals surface area contributed by atoms with E-state index in [0.29, 0.717) is 0 Å². The molecule has 0 aliphatic carbocycles. The van der Waals surface area contributed by atoms with Gasteiger partial charge in [-0.25, -0.2) is 4.39 Å². The number of hydroxylamine groups is 1. The van der Waals surface area contributed by atoms with Crippen LogP contribution in [-0.2, 0) is 20.5 Å². The molecule has 0 spiro atoms. The summed E-state index contributed by atoms with van der Waals surface area (Å²) in [6.45, 7) is 1.77. The lowest BCUT2D eigenvalue weighted by Gasteiger charge is -2.24. The van der Waals surface area contributed by atoms with Gasteiger partial charge in [-0.3, -0.25) is 9.40 Å². The van der Waals surface area contributed by atoms with E-state index in [1.165, 1.54) is 0 Å². The molecule has 24 heavy (non-hydrogen) atoms. The Morgan fingerprint density at radius 3 is 2.50 bits per heavy atom. The summed E-state index contributed by atoms with van der Waals surface area (Å²) in [4.78, 5) is 5.13. The van der Waals surface area contributed by atoms with Crippen LogP contribution in [0.25, 0.3) is 0 Å². The molecule has 0 aliphatic rings. The largest absolute Gasteiger partial charge is 0.390 e. The minimum Gasteiger partial charge on any atom is -0.390 e. The fourth-order valence-electron chi connectivity index (χ4n) is 1.91. The minimum absolute atomic E-state index is 0.0994. The second-order valence-electron chi connectivity index (χ2n) is 5.20. The second-order valence-corrected chi connectivity index (χ2v) is 6.76. The van der Waals surface area contributed by atoms with Crippen LogP contribution in [0.15, 0.2) is 30.3 Å². The lowest BCUT2D eigenvalue weighted by molar-refractivity contribution is -0.0824. The van der Waals surface area contributed by atoms with Crippen molar-refractivity contribution in [3.63, 3.8) is 0 Å². The summed E-state index contributed by atoms with van der Waals surface area (Å²) < 4.78 is 29.5. The molecular weight excluding hydrogens is 340 g/mol. The first-order chi connectivity index (χ1) is 11.5. The van der Waals surface area contributed by atoms with Crippen LogP contribution in [0.4, 0.5) is 4.39 Å². The van der Waals surface area contributed by atoms with Gasteiger partial charge in [-0.05, 0) is 12.5 Å². The zero-order valence-corrected chi connectivity index (χ0v) is 14.5. The summed E-state index contributed by atoms with van der Waals surface area (Å²) in [7, 11) is -2.93. The van der Waals surface area contributed by atoms with Gasteiger partial charge >= 0.3 is 0 Å². The number of alkyl halides is 1. The first kappa shape index (κ1) is 21.2. The van der Waals surface area contributed by atoms with Gasteiger partial charge in [0.2, 0.25) is 8.03 Å². The normalized spacial score (nSPS) is 17.9. The van der Waals surface area contributed by atoms with Gasteiger partial charge in [-0.15, -0.1) is 0 Å². The third-order valence-electron chi connectivity index (χ3n) is 3.26. The lowest BCUT2D eigenvalue weighted by Crippen LogP contribution is -2.43. The Morgan fingerprint density at radius 1 is 1.21 bits per heavy atom. The average molecular weight is 365 g/mol. The molecule has 1 rings (SSSR count). The van der Waals surface area contributed by atoms with Crippen molar-refractivity contribution in [1.82, 2.24) is 5.48 Å². The van der Waals surface area contributed by atoms with Gasteiger partial charge in [0, 0.05) is 13.0 Å². The highest BCUT2D eigenvalue weighted by molar-refractivity contribution is 7.39. The van der Waals surface area contributed by atoms with Crippen LogP contribution in [-0.4, -0.2) is 52.7 Å². The number of nitrogens with one attached hydrogen (secondary N) is 1. The first-order valence-electron chi connectivity index (χ1n) is 7.69. The highest BCUT2D eigenvalue weighted by Gasteiger charge is 2.29. The summed E-state index contributed by atoms with van der Waals surface area (Å²) in [5.41, 5.74) is 3.39. The van der Waals surface area contributed by atoms with Crippen LogP contribution in [0.3, 0.4) is 0 Å². The van der Waals surface area contributed by atoms with E-state index >= 15 is 0 Å². The van der Waals surface area contributed by atoms with E-state index in [-0.39, 0.29) is 19.8 Å². The molecule has 1 aromatic rings. The highest BCUT2D eigenvalue weighted by Crippen LogP contribution is 2.33. The second kappa shape index (κ2) is 11.7. The predicted octanol–water partition coefficient (Wildman–Crippen LogP) is 0.987. The molecule has 138 valence electrons. The molecule has 0 aliphatic heterocycles. The van der Waals surface area contributed by atoms with Crippen molar-refractivity contribution in [2.24, 2.45) is 0 Å². The fourth-order valence-corrected chi connectivity index (χ4v) is 2.81. The van der Waals surface area contributed by atoms with E-state index in [4.69, 9.17) is 4.84 Å². The molecule has 9 heteroatoms. The standard InChI is InChI=1S/C15H25FNO6P/c1-2-23-24(21)14(16)8-12(18)15(20)13(19)9-17-22-10-11-6-4-3-5-7-11/h3-7,12-15,17-20,24H,2,8-10H2,1H3/t12-,13+,14?,15-/m1/s1. The van der Waals surface area contributed by atoms with Crippen molar-refractivity contribution >= 4 is 8.03 Å². The molecule has 5 atom stereocenters. The van der Waals surface area contributed by atoms with Gasteiger partial charge in [-0.2, -0.15) is 5.48 Å². The Hall–Kier alpha value is -0.860. The minimum atomic E-state index is -2.93. The summed E-state index contributed by atoms with van der Waals surface area (Å²) >= 11 is 0. The van der Waals surface area contributed by atoms with Crippen LogP contribution < -0.4 is 5.48 Å². The molecule has 0 heterocycles. The van der Waals surface area contributed by atoms with Gasteiger partial charge in [-0.1, -0.05) is 30.3 Å². The van der Waals surface area contributed by atoms with Crippen molar-refractivity contribution in [2.45, 2.75) is 44.2 Å². The molecule has 0 fully saturated rings. The molecule has 0 bridgehead atoms. The Balaban J connectivity index is 2.27. The molecular formula is C15H25FNO6P. The zero-order chi connectivity index (χ0) is 17.9. The van der Waals surface area contributed by atoms with E-state index in [1.807, 2.05) is 30.3 Å². The predicted molar refractivity (Wildman–Crippen MR) is 87.4 cm³/mol. The monoisotopic (exact) mass is 365 g/mol. The van der Waals surface area contributed by atoms with E-state index in [1.54, 1.807) is 6.92 Å². The Bertz CT molecular complexity index is 480. The molecule has 0 amide bonds. The van der Waals surface area contributed by atoms with Crippen LogP contribution in [0.2, 0.25) is 0 Å².